The highest BCUT2D eigenvalue weighted by atomic mass is 35.5. The summed E-state index contributed by atoms with van der Waals surface area (Å²) in [6.45, 7) is 0. The zero-order valence-corrected chi connectivity index (χ0v) is 9.04. The lowest BCUT2D eigenvalue weighted by atomic mass is 10.4. The second-order valence-electron chi connectivity index (χ2n) is 2.15. The van der Waals surface area contributed by atoms with E-state index in [1.807, 2.05) is 0 Å². The van der Waals surface area contributed by atoms with Crippen LogP contribution in [0.15, 0.2) is 17.0 Å². The van der Waals surface area contributed by atoms with Crippen molar-refractivity contribution in [3.8, 4) is 0 Å². The van der Waals surface area contributed by atoms with Crippen LogP contribution >= 0.6 is 34.8 Å². The van der Waals surface area contributed by atoms with Crippen molar-refractivity contribution in [3.05, 3.63) is 27.2 Å². The second-order valence-corrected chi connectivity index (χ2v) is 4.70. The zero-order chi connectivity index (χ0) is 10.2. The molecule has 13 heavy (non-hydrogen) atoms. The maximum atomic E-state index is 10.8. The van der Waals surface area contributed by atoms with Crippen molar-refractivity contribution in [1.82, 2.24) is 0 Å². The summed E-state index contributed by atoms with van der Waals surface area (Å²) in [6.07, 6.45) is 0. The minimum Gasteiger partial charge on any atom is -0.282 e. The molecule has 0 atom stereocenters. The number of rotatable bonds is 1. The Labute approximate surface area is 90.0 Å². The highest BCUT2D eigenvalue weighted by Gasteiger charge is 2.20. The Morgan fingerprint density at radius 3 is 1.92 bits per heavy atom. The van der Waals surface area contributed by atoms with Gasteiger partial charge in [-0.05, 0) is 12.1 Å². The molecule has 1 aromatic rings. The van der Waals surface area contributed by atoms with Crippen LogP contribution in [0.1, 0.15) is 0 Å². The molecule has 0 aliphatic heterocycles. The third-order valence-corrected chi connectivity index (χ3v) is 3.54. The molecule has 0 aliphatic rings. The Morgan fingerprint density at radius 2 is 1.54 bits per heavy atom. The lowest BCUT2D eigenvalue weighted by Crippen LogP contribution is -2.00. The average Bonchev–Trinajstić information content (AvgIpc) is 1.95. The van der Waals surface area contributed by atoms with Gasteiger partial charge in [-0.25, -0.2) is 0 Å². The summed E-state index contributed by atoms with van der Waals surface area (Å²) >= 11 is 16.6. The number of hydrogen-bond donors (Lipinski definition) is 1. The van der Waals surface area contributed by atoms with Crippen LogP contribution in [-0.4, -0.2) is 13.0 Å². The van der Waals surface area contributed by atoms with E-state index in [1.165, 1.54) is 12.1 Å². The summed E-state index contributed by atoms with van der Waals surface area (Å²) < 4.78 is 30.2. The molecule has 0 amide bonds. The normalized spacial score (nSPS) is 11.7. The topological polar surface area (TPSA) is 54.4 Å². The SMILES string of the molecule is O=S(=O)(O)c1c(Cl)ccc(Cl)c1Cl. The largest absolute Gasteiger partial charge is 0.297 e. The molecule has 0 bridgehead atoms. The van der Waals surface area contributed by atoms with Crippen molar-refractivity contribution in [2.75, 3.05) is 0 Å². The molecule has 0 unspecified atom stereocenters. The van der Waals surface area contributed by atoms with E-state index >= 15 is 0 Å². The molecule has 72 valence electrons. The maximum absolute atomic E-state index is 10.8. The molecule has 1 rings (SSSR count). The minimum absolute atomic E-state index is 0.0127. The summed E-state index contributed by atoms with van der Waals surface area (Å²) in [6, 6.07) is 2.57. The van der Waals surface area contributed by atoms with E-state index in [1.54, 1.807) is 0 Å². The van der Waals surface area contributed by atoms with Gasteiger partial charge in [-0.1, -0.05) is 34.8 Å². The Balaban J connectivity index is 3.62. The van der Waals surface area contributed by atoms with Gasteiger partial charge in [0.1, 0.15) is 4.90 Å². The van der Waals surface area contributed by atoms with Gasteiger partial charge in [-0.2, -0.15) is 8.42 Å². The third kappa shape index (κ3) is 2.27. The van der Waals surface area contributed by atoms with Crippen LogP contribution in [0, 0.1) is 0 Å². The number of hydrogen-bond acceptors (Lipinski definition) is 2. The summed E-state index contributed by atoms with van der Waals surface area (Å²) in [5, 5.41) is -0.438. The lowest BCUT2D eigenvalue weighted by molar-refractivity contribution is 0.483. The molecule has 0 spiro atoms. The van der Waals surface area contributed by atoms with Crippen molar-refractivity contribution in [2.45, 2.75) is 4.90 Å². The molecule has 0 saturated carbocycles. The van der Waals surface area contributed by atoms with Crippen molar-refractivity contribution >= 4 is 44.9 Å². The first-order valence-electron chi connectivity index (χ1n) is 2.95. The first-order valence-corrected chi connectivity index (χ1v) is 5.52. The van der Waals surface area contributed by atoms with Gasteiger partial charge in [0.25, 0.3) is 10.1 Å². The van der Waals surface area contributed by atoms with Crippen molar-refractivity contribution in [1.29, 1.82) is 0 Å². The Bertz CT molecular complexity index is 441. The summed E-state index contributed by atoms with van der Waals surface area (Å²) in [5.41, 5.74) is 0. The maximum Gasteiger partial charge on any atom is 0.297 e. The number of benzene rings is 1. The fourth-order valence-corrected chi connectivity index (χ4v) is 2.56. The van der Waals surface area contributed by atoms with E-state index in [4.69, 9.17) is 39.4 Å². The predicted molar refractivity (Wildman–Crippen MR) is 51.3 cm³/mol. The van der Waals surface area contributed by atoms with Crippen LogP contribution < -0.4 is 0 Å². The van der Waals surface area contributed by atoms with E-state index in [9.17, 15) is 8.42 Å². The van der Waals surface area contributed by atoms with Crippen LogP contribution in [0.4, 0.5) is 0 Å². The smallest absolute Gasteiger partial charge is 0.282 e. The molecule has 0 aliphatic carbocycles. The van der Waals surface area contributed by atoms with Crippen LogP contribution in [0.25, 0.3) is 0 Å². The van der Waals surface area contributed by atoms with E-state index in [0.717, 1.165) is 0 Å². The molecular weight excluding hydrogens is 258 g/mol. The molecule has 7 heteroatoms. The van der Waals surface area contributed by atoms with Gasteiger partial charge in [-0.3, -0.25) is 4.55 Å². The van der Waals surface area contributed by atoms with Crippen molar-refractivity contribution in [3.63, 3.8) is 0 Å². The third-order valence-electron chi connectivity index (χ3n) is 1.26. The highest BCUT2D eigenvalue weighted by molar-refractivity contribution is 7.86. The van der Waals surface area contributed by atoms with E-state index < -0.39 is 15.0 Å². The molecule has 0 saturated heterocycles. The molecule has 1 N–H and O–H groups in total. The summed E-state index contributed by atoms with van der Waals surface area (Å²) in [7, 11) is -4.43. The fraction of sp³-hybridized carbons (Fsp3) is 0. The summed E-state index contributed by atoms with van der Waals surface area (Å²) in [4.78, 5) is -0.566. The Morgan fingerprint density at radius 1 is 1.08 bits per heavy atom. The fourth-order valence-electron chi connectivity index (χ4n) is 0.745. The first-order chi connectivity index (χ1) is 5.84. The molecule has 0 fully saturated rings. The number of halogens is 3. The standard InChI is InChI=1S/C6H3Cl3O3S/c7-3-1-2-4(8)6(5(3)9)13(10,11)12/h1-2H,(H,10,11,12). The second kappa shape index (κ2) is 3.63. The van der Waals surface area contributed by atoms with E-state index in [-0.39, 0.29) is 15.1 Å². The van der Waals surface area contributed by atoms with Gasteiger partial charge in [0.05, 0.1) is 15.1 Å². The molecule has 0 radical (unpaired) electrons. The quantitative estimate of drug-likeness (QED) is 0.625. The van der Waals surface area contributed by atoms with Crippen molar-refractivity contribution in [2.24, 2.45) is 0 Å². The van der Waals surface area contributed by atoms with Crippen LogP contribution in [0.2, 0.25) is 15.1 Å². The van der Waals surface area contributed by atoms with E-state index in [0.29, 0.717) is 0 Å². The van der Waals surface area contributed by atoms with Gasteiger partial charge in [-0.15, -0.1) is 0 Å². The van der Waals surface area contributed by atoms with Gasteiger partial charge in [0, 0.05) is 0 Å². The average molecular weight is 262 g/mol. The Hall–Kier alpha value is -0.000000000000000167. The predicted octanol–water partition coefficient (Wildman–Crippen LogP) is 2.89. The highest BCUT2D eigenvalue weighted by Crippen LogP contribution is 2.34. The molecule has 0 heterocycles. The molecule has 3 nitrogen and oxygen atoms in total. The monoisotopic (exact) mass is 260 g/mol. The van der Waals surface area contributed by atoms with Gasteiger partial charge in [0.15, 0.2) is 0 Å². The zero-order valence-electron chi connectivity index (χ0n) is 5.96. The minimum atomic E-state index is -4.43. The molecular formula is C6H3Cl3O3S. The van der Waals surface area contributed by atoms with Crippen molar-refractivity contribution < 1.29 is 13.0 Å². The van der Waals surface area contributed by atoms with Gasteiger partial charge < -0.3 is 0 Å². The van der Waals surface area contributed by atoms with Gasteiger partial charge >= 0.3 is 0 Å². The molecule has 0 aromatic heterocycles. The first kappa shape index (κ1) is 11.1. The van der Waals surface area contributed by atoms with Crippen LogP contribution in [0.3, 0.4) is 0 Å². The Kier molecular flexibility index (Phi) is 3.09. The summed E-state index contributed by atoms with van der Waals surface area (Å²) in [5.74, 6) is 0. The molecule has 1 aromatic carbocycles. The van der Waals surface area contributed by atoms with Crippen LogP contribution in [0.5, 0.6) is 0 Å². The van der Waals surface area contributed by atoms with Gasteiger partial charge in [0.2, 0.25) is 0 Å². The lowest BCUT2D eigenvalue weighted by Gasteiger charge is -2.03. The van der Waals surface area contributed by atoms with E-state index in [2.05, 4.69) is 0 Å². The van der Waals surface area contributed by atoms with Crippen LogP contribution in [-0.2, 0) is 10.1 Å².